The molecule has 3 aromatic carbocycles. The fraction of sp³-hybridized carbons (Fsp3) is 0.0417. The van der Waals surface area contributed by atoms with Crippen molar-refractivity contribution in [2.24, 2.45) is 0 Å². The van der Waals surface area contributed by atoms with Crippen molar-refractivity contribution in [2.75, 3.05) is 5.32 Å². The second-order valence-corrected chi connectivity index (χ2v) is 7.95. The van der Waals surface area contributed by atoms with E-state index in [0.717, 1.165) is 11.3 Å². The lowest BCUT2D eigenvalue weighted by Gasteiger charge is -2.06. The molecule has 9 nitrogen and oxygen atoms in total. The van der Waals surface area contributed by atoms with Gasteiger partial charge in [-0.1, -0.05) is 23.7 Å². The maximum atomic E-state index is 12.8. The fourth-order valence-electron chi connectivity index (χ4n) is 3.52. The van der Waals surface area contributed by atoms with Crippen LogP contribution in [0.5, 0.6) is 0 Å². The summed E-state index contributed by atoms with van der Waals surface area (Å²) >= 11 is 5.95. The van der Waals surface area contributed by atoms with Crippen LogP contribution < -0.4 is 5.32 Å². The van der Waals surface area contributed by atoms with Gasteiger partial charge in [-0.3, -0.25) is 14.9 Å². The molecule has 168 valence electrons. The van der Waals surface area contributed by atoms with Crippen LogP contribution in [-0.4, -0.2) is 25.8 Å². The molecule has 0 aliphatic rings. The van der Waals surface area contributed by atoms with Crippen molar-refractivity contribution in [2.45, 2.75) is 6.92 Å². The van der Waals surface area contributed by atoms with Gasteiger partial charge in [0.1, 0.15) is 16.8 Å². The lowest BCUT2D eigenvalue weighted by Crippen LogP contribution is -2.11. The van der Waals surface area contributed by atoms with Crippen molar-refractivity contribution in [3.8, 4) is 17.0 Å². The molecule has 5 aromatic rings. The second-order valence-electron chi connectivity index (χ2n) is 7.51. The average Bonchev–Trinajstić information content (AvgIpc) is 3.47. The van der Waals surface area contributed by atoms with Gasteiger partial charge in [0.05, 0.1) is 16.2 Å². The van der Waals surface area contributed by atoms with Gasteiger partial charge in [0.25, 0.3) is 11.6 Å². The zero-order valence-electron chi connectivity index (χ0n) is 17.7. The fourth-order valence-corrected chi connectivity index (χ4v) is 3.65. The Bertz CT molecular complexity index is 1560. The number of carbonyl (C=O) groups is 1. The van der Waals surface area contributed by atoms with E-state index < -0.39 is 10.8 Å². The molecule has 10 heteroatoms. The Labute approximate surface area is 197 Å². The molecule has 1 N–H and O–H groups in total. The van der Waals surface area contributed by atoms with Gasteiger partial charge in [-0.15, -0.1) is 10.2 Å². The number of aromatic nitrogens is 3. The number of nitrogens with one attached hydrogen (secondary N) is 1. The van der Waals surface area contributed by atoms with E-state index in [-0.39, 0.29) is 17.2 Å². The first-order valence-corrected chi connectivity index (χ1v) is 10.6. The first-order chi connectivity index (χ1) is 16.4. The van der Waals surface area contributed by atoms with Crippen LogP contribution in [0, 0.1) is 17.0 Å². The predicted octanol–water partition coefficient (Wildman–Crippen LogP) is 5.80. The molecular formula is C24H16ClN5O4. The Morgan fingerprint density at radius 1 is 1.03 bits per heavy atom. The van der Waals surface area contributed by atoms with E-state index in [1.807, 2.05) is 25.1 Å². The Hall–Kier alpha value is -4.50. The molecule has 0 radical (unpaired) electrons. The van der Waals surface area contributed by atoms with Gasteiger partial charge < -0.3 is 9.73 Å². The van der Waals surface area contributed by atoms with Gasteiger partial charge in [-0.2, -0.15) is 4.80 Å². The van der Waals surface area contributed by atoms with E-state index in [2.05, 4.69) is 15.5 Å². The number of para-hydroxylation sites is 1. The van der Waals surface area contributed by atoms with Crippen molar-refractivity contribution in [1.29, 1.82) is 0 Å². The third-order valence-corrected chi connectivity index (χ3v) is 5.48. The maximum absolute atomic E-state index is 12.8. The molecule has 5 rings (SSSR count). The number of nitro benzene ring substituents is 1. The van der Waals surface area contributed by atoms with E-state index in [0.29, 0.717) is 27.3 Å². The van der Waals surface area contributed by atoms with E-state index in [4.69, 9.17) is 16.0 Å². The summed E-state index contributed by atoms with van der Waals surface area (Å²) in [5.74, 6) is -0.231. The molecule has 34 heavy (non-hydrogen) atoms. The average molecular weight is 474 g/mol. The van der Waals surface area contributed by atoms with E-state index in [1.54, 1.807) is 36.4 Å². The highest BCUT2D eigenvalue weighted by atomic mass is 35.5. The van der Waals surface area contributed by atoms with Crippen LogP contribution in [0.25, 0.3) is 28.0 Å². The summed E-state index contributed by atoms with van der Waals surface area (Å²) in [5, 5.41) is 23.7. The molecule has 0 fully saturated rings. The molecular weight excluding hydrogens is 458 g/mol. The number of aryl methyl sites for hydroxylation is 1. The molecule has 0 aliphatic heterocycles. The first kappa shape index (κ1) is 21.4. The molecule has 0 atom stereocenters. The van der Waals surface area contributed by atoms with Crippen molar-refractivity contribution in [3.63, 3.8) is 0 Å². The predicted molar refractivity (Wildman–Crippen MR) is 127 cm³/mol. The summed E-state index contributed by atoms with van der Waals surface area (Å²) in [4.78, 5) is 25.1. The number of anilines is 1. The van der Waals surface area contributed by atoms with Crippen molar-refractivity contribution < 1.29 is 14.1 Å². The van der Waals surface area contributed by atoms with Crippen LogP contribution in [0.3, 0.4) is 0 Å². The third kappa shape index (κ3) is 4.00. The van der Waals surface area contributed by atoms with Crippen LogP contribution in [0.4, 0.5) is 11.4 Å². The summed E-state index contributed by atoms with van der Waals surface area (Å²) in [6, 6.07) is 19.9. The van der Waals surface area contributed by atoms with Gasteiger partial charge in [0, 0.05) is 16.8 Å². The number of fused-ring (bicyclic) bond motifs is 1. The summed E-state index contributed by atoms with van der Waals surface area (Å²) in [6.45, 7) is 1.84. The Balaban J connectivity index is 1.41. The highest BCUT2D eigenvalue weighted by molar-refractivity contribution is 6.30. The van der Waals surface area contributed by atoms with Crippen LogP contribution in [-0.2, 0) is 0 Å². The molecule has 0 spiro atoms. The first-order valence-electron chi connectivity index (χ1n) is 10.2. The number of carbonyl (C=O) groups excluding carboxylic acids is 1. The van der Waals surface area contributed by atoms with E-state index in [1.165, 1.54) is 23.0 Å². The summed E-state index contributed by atoms with van der Waals surface area (Å²) in [7, 11) is 0. The molecule has 0 aliphatic carbocycles. The highest BCUT2D eigenvalue weighted by Crippen LogP contribution is 2.31. The molecule has 2 heterocycles. The highest BCUT2D eigenvalue weighted by Gasteiger charge is 2.20. The minimum Gasteiger partial charge on any atom is -0.451 e. The number of rotatable bonds is 5. The summed E-state index contributed by atoms with van der Waals surface area (Å²) < 4.78 is 5.63. The number of hydrogen-bond donors (Lipinski definition) is 1. The minimum atomic E-state index is -0.493. The zero-order valence-corrected chi connectivity index (χ0v) is 18.5. The van der Waals surface area contributed by atoms with E-state index >= 15 is 0 Å². The van der Waals surface area contributed by atoms with Crippen LogP contribution >= 0.6 is 11.6 Å². The Morgan fingerprint density at radius 2 is 1.74 bits per heavy atom. The second kappa shape index (κ2) is 8.45. The molecule has 0 unspecified atom stereocenters. The topological polar surface area (TPSA) is 116 Å². The van der Waals surface area contributed by atoms with Gasteiger partial charge in [-0.05, 0) is 67.1 Å². The van der Waals surface area contributed by atoms with Crippen LogP contribution in [0.1, 0.15) is 16.1 Å². The van der Waals surface area contributed by atoms with Crippen LogP contribution in [0.15, 0.2) is 77.2 Å². The monoisotopic (exact) mass is 473 g/mol. The van der Waals surface area contributed by atoms with Crippen molar-refractivity contribution >= 4 is 39.9 Å². The maximum Gasteiger partial charge on any atom is 0.291 e. The number of amides is 1. The smallest absolute Gasteiger partial charge is 0.291 e. The molecule has 0 saturated heterocycles. The number of benzene rings is 3. The zero-order chi connectivity index (χ0) is 23.8. The Kier molecular flexibility index (Phi) is 5.31. The SMILES string of the molecule is Cc1cc2nn(-c3ccc(Cl)cc3)nc2cc1NC(=O)c1ccc(-c2ccccc2[N+](=O)[O-])o1. The van der Waals surface area contributed by atoms with Gasteiger partial charge in [0.15, 0.2) is 5.76 Å². The van der Waals surface area contributed by atoms with Crippen molar-refractivity contribution in [1.82, 2.24) is 15.0 Å². The quantitative estimate of drug-likeness (QED) is 0.254. The Morgan fingerprint density at radius 3 is 2.47 bits per heavy atom. The van der Waals surface area contributed by atoms with Crippen molar-refractivity contribution in [3.05, 3.63) is 99.3 Å². The van der Waals surface area contributed by atoms with Gasteiger partial charge in [0.2, 0.25) is 0 Å². The number of nitro groups is 1. The standard InChI is InChI=1S/C24H16ClN5O4/c1-14-12-19-20(28-29(27-19)16-8-6-15(25)7-9-16)13-18(14)26-24(31)23-11-10-22(34-23)17-4-2-3-5-21(17)30(32)33/h2-13H,1H3,(H,26,31). The van der Waals surface area contributed by atoms with Crippen LogP contribution in [0.2, 0.25) is 5.02 Å². The lowest BCUT2D eigenvalue weighted by atomic mass is 10.1. The number of nitrogens with zero attached hydrogens (tertiary/aromatic N) is 4. The summed E-state index contributed by atoms with van der Waals surface area (Å²) in [5.41, 5.74) is 3.54. The third-order valence-electron chi connectivity index (χ3n) is 5.23. The minimum absolute atomic E-state index is 0.0254. The number of hydrogen-bond acceptors (Lipinski definition) is 6. The van der Waals surface area contributed by atoms with Gasteiger partial charge in [-0.25, -0.2) is 0 Å². The molecule has 2 aromatic heterocycles. The van der Waals surface area contributed by atoms with E-state index in [9.17, 15) is 14.9 Å². The van der Waals surface area contributed by atoms with Gasteiger partial charge >= 0.3 is 0 Å². The largest absolute Gasteiger partial charge is 0.451 e. The molecule has 0 saturated carbocycles. The summed E-state index contributed by atoms with van der Waals surface area (Å²) in [6.07, 6.45) is 0. The molecule has 0 bridgehead atoms. The normalized spacial score (nSPS) is 11.0. The molecule has 1 amide bonds. The lowest BCUT2D eigenvalue weighted by molar-refractivity contribution is -0.384. The number of halogens is 1. The number of furan rings is 1.